The lowest BCUT2D eigenvalue weighted by atomic mass is 9.70. The summed E-state index contributed by atoms with van der Waals surface area (Å²) in [5, 5.41) is 0. The van der Waals surface area contributed by atoms with Crippen LogP contribution in [0.1, 0.15) is 47.0 Å². The zero-order valence-electron chi connectivity index (χ0n) is 10.6. The van der Waals surface area contributed by atoms with Gasteiger partial charge in [-0.05, 0) is 53.8 Å². The first-order valence-electron chi connectivity index (χ1n) is 6.68. The Morgan fingerprint density at radius 1 is 1.13 bits per heavy atom. The predicted octanol–water partition coefficient (Wildman–Crippen LogP) is 4.27. The highest BCUT2D eigenvalue weighted by molar-refractivity contribution is 5.23. The van der Waals surface area contributed by atoms with Crippen LogP contribution in [0.5, 0.6) is 0 Å². The molecule has 0 heteroatoms. The molecule has 0 aromatic carbocycles. The van der Waals surface area contributed by atoms with Gasteiger partial charge in [-0.3, -0.25) is 0 Å². The number of hydrogen-bond acceptors (Lipinski definition) is 0. The minimum atomic E-state index is 0.577. The molecule has 0 heterocycles. The number of rotatable bonds is 0. The molecular weight excluding hydrogens is 180 g/mol. The van der Waals surface area contributed by atoms with Crippen LogP contribution in [-0.4, -0.2) is 0 Å². The van der Waals surface area contributed by atoms with Crippen molar-refractivity contribution in [3.8, 4) is 0 Å². The Bertz CT molecular complexity index is 312. The van der Waals surface area contributed by atoms with Crippen molar-refractivity contribution in [2.45, 2.75) is 47.0 Å². The molecule has 0 aromatic heterocycles. The van der Waals surface area contributed by atoms with Gasteiger partial charge in [0.25, 0.3) is 0 Å². The van der Waals surface area contributed by atoms with Gasteiger partial charge in [0.2, 0.25) is 0 Å². The second-order valence-electron chi connectivity index (χ2n) is 6.99. The number of hydrogen-bond donors (Lipinski definition) is 0. The molecule has 2 saturated carbocycles. The van der Waals surface area contributed by atoms with Crippen LogP contribution in [0, 0.1) is 34.5 Å². The molecule has 84 valence electrons. The van der Waals surface area contributed by atoms with Crippen molar-refractivity contribution < 1.29 is 0 Å². The molecule has 3 rings (SSSR count). The summed E-state index contributed by atoms with van der Waals surface area (Å²) in [4.78, 5) is 0. The van der Waals surface area contributed by atoms with Gasteiger partial charge >= 0.3 is 0 Å². The lowest BCUT2D eigenvalue weighted by Crippen LogP contribution is -2.29. The Kier molecular flexibility index (Phi) is 1.79. The molecule has 5 atom stereocenters. The zero-order chi connectivity index (χ0) is 10.8. The van der Waals surface area contributed by atoms with Crippen molar-refractivity contribution in [2.24, 2.45) is 34.5 Å². The molecule has 3 aliphatic carbocycles. The third kappa shape index (κ3) is 0.990. The van der Waals surface area contributed by atoms with E-state index in [4.69, 9.17) is 0 Å². The average Bonchev–Trinajstić information content (AvgIpc) is 2.57. The first-order chi connectivity index (χ1) is 6.98. The van der Waals surface area contributed by atoms with Gasteiger partial charge in [0.15, 0.2) is 0 Å². The molecule has 1 unspecified atom stereocenters. The van der Waals surface area contributed by atoms with Crippen molar-refractivity contribution in [1.82, 2.24) is 0 Å². The van der Waals surface area contributed by atoms with E-state index in [0.717, 1.165) is 23.7 Å². The maximum atomic E-state index is 2.62. The quantitative estimate of drug-likeness (QED) is 0.517. The van der Waals surface area contributed by atoms with E-state index in [2.05, 4.69) is 39.8 Å². The number of allylic oxidation sites excluding steroid dienone is 2. The van der Waals surface area contributed by atoms with E-state index < -0.39 is 0 Å². The van der Waals surface area contributed by atoms with Gasteiger partial charge in [0, 0.05) is 0 Å². The third-order valence-electron chi connectivity index (χ3n) is 6.23. The van der Waals surface area contributed by atoms with Crippen LogP contribution in [0.4, 0.5) is 0 Å². The molecule has 0 saturated heterocycles. The minimum absolute atomic E-state index is 0.577. The van der Waals surface area contributed by atoms with E-state index in [1.807, 2.05) is 0 Å². The molecule has 0 N–H and O–H groups in total. The standard InChI is InChI=1S/C15H24/c1-10-7-8-15-9-12(10)14(3,4)13(15)6-5-11(15)2/h7-8,10-13H,5-6,9H2,1-4H3/t10?,11-,12+,13+,15+/m1/s1. The van der Waals surface area contributed by atoms with Crippen molar-refractivity contribution in [3.63, 3.8) is 0 Å². The van der Waals surface area contributed by atoms with Gasteiger partial charge in [-0.2, -0.15) is 0 Å². The second-order valence-corrected chi connectivity index (χ2v) is 6.99. The van der Waals surface area contributed by atoms with E-state index >= 15 is 0 Å². The van der Waals surface area contributed by atoms with Gasteiger partial charge in [0.05, 0.1) is 0 Å². The van der Waals surface area contributed by atoms with E-state index in [9.17, 15) is 0 Å². The average molecular weight is 204 g/mol. The molecular formula is C15H24. The summed E-state index contributed by atoms with van der Waals surface area (Å²) in [6.07, 6.45) is 9.55. The highest BCUT2D eigenvalue weighted by atomic mass is 14.7. The highest BCUT2D eigenvalue weighted by Crippen LogP contribution is 2.70. The van der Waals surface area contributed by atoms with Crippen LogP contribution >= 0.6 is 0 Å². The van der Waals surface area contributed by atoms with Gasteiger partial charge in [0.1, 0.15) is 0 Å². The van der Waals surface area contributed by atoms with Crippen molar-refractivity contribution in [2.75, 3.05) is 0 Å². The maximum absolute atomic E-state index is 2.62. The van der Waals surface area contributed by atoms with Gasteiger partial charge in [-0.25, -0.2) is 0 Å². The summed E-state index contributed by atoms with van der Waals surface area (Å²) in [6.45, 7) is 9.97. The van der Waals surface area contributed by atoms with Gasteiger partial charge < -0.3 is 0 Å². The summed E-state index contributed by atoms with van der Waals surface area (Å²) in [7, 11) is 0. The molecule has 0 nitrogen and oxygen atoms in total. The molecule has 0 amide bonds. The van der Waals surface area contributed by atoms with Crippen LogP contribution in [0.25, 0.3) is 0 Å². The molecule has 2 bridgehead atoms. The van der Waals surface area contributed by atoms with Crippen LogP contribution in [0.3, 0.4) is 0 Å². The van der Waals surface area contributed by atoms with Crippen LogP contribution in [0.15, 0.2) is 12.2 Å². The fraction of sp³-hybridized carbons (Fsp3) is 0.867. The summed E-state index contributed by atoms with van der Waals surface area (Å²) in [5.74, 6) is 3.64. The Morgan fingerprint density at radius 3 is 2.60 bits per heavy atom. The molecule has 0 aliphatic heterocycles. The highest BCUT2D eigenvalue weighted by Gasteiger charge is 2.62. The summed E-state index contributed by atoms with van der Waals surface area (Å²) in [5.41, 5.74) is 1.17. The molecule has 15 heavy (non-hydrogen) atoms. The monoisotopic (exact) mass is 204 g/mol. The SMILES string of the molecule is CC1C=C[C@@]23C[C@@H]1C(C)(C)[C@@H]2CC[C@H]3C. The van der Waals surface area contributed by atoms with Crippen LogP contribution in [0.2, 0.25) is 0 Å². The zero-order valence-corrected chi connectivity index (χ0v) is 10.6. The van der Waals surface area contributed by atoms with Crippen molar-refractivity contribution in [1.29, 1.82) is 0 Å². The van der Waals surface area contributed by atoms with E-state index in [1.165, 1.54) is 19.3 Å². The largest absolute Gasteiger partial charge is 0.0848 e. The Morgan fingerprint density at radius 2 is 1.87 bits per heavy atom. The Hall–Kier alpha value is -0.260. The van der Waals surface area contributed by atoms with Gasteiger partial charge in [-0.1, -0.05) is 39.8 Å². The second kappa shape index (κ2) is 2.70. The first-order valence-corrected chi connectivity index (χ1v) is 6.68. The topological polar surface area (TPSA) is 0 Å². The summed E-state index contributed by atoms with van der Waals surface area (Å²) < 4.78 is 0. The van der Waals surface area contributed by atoms with E-state index in [0.29, 0.717) is 10.8 Å². The Labute approximate surface area is 94.1 Å². The summed E-state index contributed by atoms with van der Waals surface area (Å²) in [6, 6.07) is 0. The van der Waals surface area contributed by atoms with Gasteiger partial charge in [-0.15, -0.1) is 0 Å². The maximum Gasteiger partial charge on any atom is -0.00560 e. The Balaban J connectivity index is 2.11. The third-order valence-corrected chi connectivity index (χ3v) is 6.23. The molecule has 0 aromatic rings. The molecule has 0 radical (unpaired) electrons. The van der Waals surface area contributed by atoms with E-state index in [-0.39, 0.29) is 0 Å². The molecule has 2 fully saturated rings. The normalized spacial score (nSPS) is 55.7. The molecule has 3 aliphatic rings. The smallest absolute Gasteiger partial charge is 0.00560 e. The minimum Gasteiger partial charge on any atom is -0.0848 e. The lowest BCUT2D eigenvalue weighted by Gasteiger charge is -2.34. The predicted molar refractivity (Wildman–Crippen MR) is 64.5 cm³/mol. The van der Waals surface area contributed by atoms with E-state index in [1.54, 1.807) is 0 Å². The van der Waals surface area contributed by atoms with Crippen LogP contribution < -0.4 is 0 Å². The fourth-order valence-corrected chi connectivity index (χ4v) is 5.28. The summed E-state index contributed by atoms with van der Waals surface area (Å²) >= 11 is 0. The molecule has 1 spiro atoms. The number of fused-ring (bicyclic) bond motifs is 1. The lowest BCUT2D eigenvalue weighted by molar-refractivity contribution is 0.146. The van der Waals surface area contributed by atoms with Crippen molar-refractivity contribution in [3.05, 3.63) is 12.2 Å². The fourth-order valence-electron chi connectivity index (χ4n) is 5.28. The van der Waals surface area contributed by atoms with Crippen LogP contribution in [-0.2, 0) is 0 Å². The first kappa shape index (κ1) is 9.93. The van der Waals surface area contributed by atoms with Crippen molar-refractivity contribution >= 4 is 0 Å².